The Morgan fingerprint density at radius 1 is 1.30 bits per heavy atom. The summed E-state index contributed by atoms with van der Waals surface area (Å²) < 4.78 is 4.82. The zero-order valence-electron chi connectivity index (χ0n) is 12.7. The molecule has 2 N–H and O–H groups in total. The van der Waals surface area contributed by atoms with Crippen molar-refractivity contribution >= 4 is 34.9 Å². The van der Waals surface area contributed by atoms with Crippen LogP contribution in [0.3, 0.4) is 0 Å². The first-order chi connectivity index (χ1) is 10.9. The van der Waals surface area contributed by atoms with Crippen molar-refractivity contribution in [1.82, 2.24) is 0 Å². The third-order valence-electron chi connectivity index (χ3n) is 3.91. The lowest BCUT2D eigenvalue weighted by atomic mass is 10.1. The molecule has 0 saturated heterocycles. The third kappa shape index (κ3) is 2.43. The van der Waals surface area contributed by atoms with Crippen LogP contribution in [0.4, 0.5) is 11.4 Å². The molecule has 0 fully saturated rings. The van der Waals surface area contributed by atoms with Crippen LogP contribution in [0.25, 0.3) is 0 Å². The summed E-state index contributed by atoms with van der Waals surface area (Å²) in [7, 11) is 1.31. The number of carbonyl (C=O) groups is 2. The van der Waals surface area contributed by atoms with Crippen molar-refractivity contribution in [1.29, 1.82) is 0 Å². The highest BCUT2D eigenvalue weighted by molar-refractivity contribution is 6.33. The lowest BCUT2D eigenvalue weighted by Crippen LogP contribution is -2.25. The Bertz CT molecular complexity index is 833. The number of nitrogens with zero attached hydrogens (tertiary/aromatic N) is 1. The van der Waals surface area contributed by atoms with E-state index in [1.54, 1.807) is 24.3 Å². The van der Waals surface area contributed by atoms with Gasteiger partial charge in [-0.15, -0.1) is 0 Å². The van der Waals surface area contributed by atoms with Crippen LogP contribution in [0.15, 0.2) is 30.3 Å². The molecule has 0 atom stereocenters. The van der Waals surface area contributed by atoms with Crippen molar-refractivity contribution in [2.45, 2.75) is 13.5 Å². The predicted molar refractivity (Wildman–Crippen MR) is 88.9 cm³/mol. The average molecular weight is 331 g/mol. The number of methoxy groups -OCH3 is 1. The van der Waals surface area contributed by atoms with Gasteiger partial charge in [0.05, 0.1) is 30.5 Å². The van der Waals surface area contributed by atoms with Crippen LogP contribution >= 0.6 is 11.6 Å². The van der Waals surface area contributed by atoms with Crippen molar-refractivity contribution in [3.63, 3.8) is 0 Å². The van der Waals surface area contributed by atoms with Gasteiger partial charge >= 0.3 is 5.97 Å². The molecule has 0 spiro atoms. The Balaban J connectivity index is 2.12. The second kappa shape index (κ2) is 5.59. The fourth-order valence-electron chi connectivity index (χ4n) is 2.77. The van der Waals surface area contributed by atoms with E-state index in [-0.39, 0.29) is 12.5 Å². The standard InChI is InChI=1S/C17H15ClN2O3/c1-9-3-6-14(10(7-9)17(22)23-2)20-8-11-12(18)4-5-13(19)15(11)16(20)21/h3-7H,8,19H2,1-2H3. The first-order valence-electron chi connectivity index (χ1n) is 7.01. The molecule has 1 aliphatic heterocycles. The van der Waals surface area contributed by atoms with Crippen LogP contribution in [0.2, 0.25) is 5.02 Å². The van der Waals surface area contributed by atoms with Gasteiger partial charge in [-0.05, 0) is 31.2 Å². The molecule has 0 aliphatic carbocycles. The molecule has 0 aromatic heterocycles. The van der Waals surface area contributed by atoms with E-state index in [1.165, 1.54) is 12.0 Å². The number of carbonyl (C=O) groups excluding carboxylic acids is 2. The number of hydrogen-bond acceptors (Lipinski definition) is 4. The Morgan fingerprint density at radius 2 is 2.04 bits per heavy atom. The number of esters is 1. The molecule has 2 aromatic carbocycles. The molecule has 3 rings (SSSR count). The van der Waals surface area contributed by atoms with E-state index >= 15 is 0 Å². The number of aryl methyl sites for hydroxylation is 1. The number of anilines is 2. The monoisotopic (exact) mass is 330 g/mol. The minimum Gasteiger partial charge on any atom is -0.465 e. The van der Waals surface area contributed by atoms with E-state index in [4.69, 9.17) is 22.1 Å². The van der Waals surface area contributed by atoms with Crippen LogP contribution in [0.5, 0.6) is 0 Å². The van der Waals surface area contributed by atoms with E-state index in [0.717, 1.165) is 5.56 Å². The Labute approximate surface area is 138 Å². The first kappa shape index (κ1) is 15.4. The van der Waals surface area contributed by atoms with Gasteiger partial charge in [0.2, 0.25) is 0 Å². The number of ether oxygens (including phenoxy) is 1. The lowest BCUT2D eigenvalue weighted by Gasteiger charge is -2.19. The van der Waals surface area contributed by atoms with Crippen LogP contribution in [-0.4, -0.2) is 19.0 Å². The zero-order valence-corrected chi connectivity index (χ0v) is 13.5. The molecule has 1 heterocycles. The quantitative estimate of drug-likeness (QED) is 0.678. The van der Waals surface area contributed by atoms with Gasteiger partial charge in [-0.1, -0.05) is 23.2 Å². The number of fused-ring (bicyclic) bond motifs is 1. The molecular weight excluding hydrogens is 316 g/mol. The molecule has 118 valence electrons. The van der Waals surface area contributed by atoms with Gasteiger partial charge in [-0.2, -0.15) is 0 Å². The minimum atomic E-state index is -0.494. The Kier molecular flexibility index (Phi) is 3.74. The molecule has 0 bridgehead atoms. The van der Waals surface area contributed by atoms with E-state index in [0.29, 0.717) is 33.1 Å². The van der Waals surface area contributed by atoms with E-state index in [1.807, 2.05) is 13.0 Å². The highest BCUT2D eigenvalue weighted by Crippen LogP contribution is 2.37. The fourth-order valence-corrected chi connectivity index (χ4v) is 2.98. The number of benzene rings is 2. The molecule has 23 heavy (non-hydrogen) atoms. The van der Waals surface area contributed by atoms with Gasteiger partial charge in [0, 0.05) is 16.3 Å². The van der Waals surface area contributed by atoms with Gasteiger partial charge < -0.3 is 15.4 Å². The smallest absolute Gasteiger partial charge is 0.339 e. The average Bonchev–Trinajstić information content (AvgIpc) is 2.89. The van der Waals surface area contributed by atoms with E-state index in [2.05, 4.69) is 0 Å². The summed E-state index contributed by atoms with van der Waals surface area (Å²) in [6, 6.07) is 8.54. The molecule has 6 heteroatoms. The van der Waals surface area contributed by atoms with E-state index < -0.39 is 5.97 Å². The second-order valence-corrected chi connectivity index (χ2v) is 5.80. The molecule has 0 radical (unpaired) electrons. The second-order valence-electron chi connectivity index (χ2n) is 5.39. The molecule has 0 saturated carbocycles. The fraction of sp³-hybridized carbons (Fsp3) is 0.176. The third-order valence-corrected chi connectivity index (χ3v) is 4.27. The number of rotatable bonds is 2. The summed E-state index contributed by atoms with van der Waals surface area (Å²) in [4.78, 5) is 26.3. The van der Waals surface area contributed by atoms with Gasteiger partial charge in [0.15, 0.2) is 0 Å². The normalized spacial score (nSPS) is 13.2. The molecule has 2 aromatic rings. The summed E-state index contributed by atoms with van der Waals surface area (Å²) in [6.07, 6.45) is 0. The molecule has 1 aliphatic rings. The maximum absolute atomic E-state index is 12.8. The van der Waals surface area contributed by atoms with Crippen molar-refractivity contribution < 1.29 is 14.3 Å². The van der Waals surface area contributed by atoms with Gasteiger partial charge in [-0.25, -0.2) is 4.79 Å². The van der Waals surface area contributed by atoms with Crippen LogP contribution in [0, 0.1) is 6.92 Å². The summed E-state index contributed by atoms with van der Waals surface area (Å²) >= 11 is 6.19. The molecule has 0 unspecified atom stereocenters. The largest absolute Gasteiger partial charge is 0.465 e. The van der Waals surface area contributed by atoms with Gasteiger partial charge in [0.1, 0.15) is 0 Å². The van der Waals surface area contributed by atoms with Crippen LogP contribution in [0.1, 0.15) is 31.8 Å². The predicted octanol–water partition coefficient (Wildman–Crippen LogP) is 3.18. The van der Waals surface area contributed by atoms with Crippen LogP contribution in [-0.2, 0) is 11.3 Å². The maximum atomic E-state index is 12.8. The van der Waals surface area contributed by atoms with Crippen molar-refractivity contribution in [2.24, 2.45) is 0 Å². The Morgan fingerprint density at radius 3 is 2.70 bits per heavy atom. The summed E-state index contributed by atoms with van der Waals surface area (Å²) in [6.45, 7) is 2.14. The van der Waals surface area contributed by atoms with Crippen LogP contribution < -0.4 is 10.6 Å². The number of nitrogen functional groups attached to an aromatic ring is 1. The van der Waals surface area contributed by atoms with Gasteiger partial charge in [0.25, 0.3) is 5.91 Å². The van der Waals surface area contributed by atoms with Crippen molar-refractivity contribution in [2.75, 3.05) is 17.7 Å². The number of nitrogens with two attached hydrogens (primary N) is 1. The Hall–Kier alpha value is -2.53. The SMILES string of the molecule is COC(=O)c1cc(C)ccc1N1Cc2c(Cl)ccc(N)c2C1=O. The first-order valence-corrected chi connectivity index (χ1v) is 7.39. The topological polar surface area (TPSA) is 72.6 Å². The maximum Gasteiger partial charge on any atom is 0.339 e. The summed E-state index contributed by atoms with van der Waals surface area (Å²) in [5.41, 5.74) is 9.09. The number of amides is 1. The van der Waals surface area contributed by atoms with E-state index in [9.17, 15) is 9.59 Å². The lowest BCUT2D eigenvalue weighted by molar-refractivity contribution is 0.0601. The zero-order chi connectivity index (χ0) is 16.7. The van der Waals surface area contributed by atoms with Gasteiger partial charge in [-0.3, -0.25) is 4.79 Å². The summed E-state index contributed by atoms with van der Waals surface area (Å²) in [5, 5.41) is 0.483. The molecule has 1 amide bonds. The highest BCUT2D eigenvalue weighted by Gasteiger charge is 2.34. The number of halogens is 1. The minimum absolute atomic E-state index is 0.269. The molecular formula is C17H15ClN2O3. The van der Waals surface area contributed by atoms with Crippen molar-refractivity contribution in [3.8, 4) is 0 Å². The highest BCUT2D eigenvalue weighted by atomic mass is 35.5. The summed E-state index contributed by atoms with van der Waals surface area (Å²) in [5.74, 6) is -0.763. The number of hydrogen-bond donors (Lipinski definition) is 1. The molecule has 5 nitrogen and oxygen atoms in total. The van der Waals surface area contributed by atoms with Crippen molar-refractivity contribution in [3.05, 3.63) is 57.6 Å².